The Morgan fingerprint density at radius 1 is 1.14 bits per heavy atom. The summed E-state index contributed by atoms with van der Waals surface area (Å²) in [7, 11) is 0. The van der Waals surface area contributed by atoms with E-state index in [1.54, 1.807) is 29.2 Å². The van der Waals surface area contributed by atoms with Gasteiger partial charge in [0.2, 0.25) is 0 Å². The predicted octanol–water partition coefficient (Wildman–Crippen LogP) is 2.56. The van der Waals surface area contributed by atoms with Crippen molar-refractivity contribution in [3.8, 4) is 5.75 Å². The highest BCUT2D eigenvalue weighted by atomic mass is 16.5. The molecule has 0 atom stereocenters. The lowest BCUT2D eigenvalue weighted by Crippen LogP contribution is -2.35. The second kappa shape index (κ2) is 7.52. The smallest absolute Gasteiger partial charge is 0.341 e. The molecule has 2 N–H and O–H groups in total. The van der Waals surface area contributed by atoms with E-state index in [0.29, 0.717) is 11.4 Å². The van der Waals surface area contributed by atoms with Gasteiger partial charge in [-0.3, -0.25) is 0 Å². The van der Waals surface area contributed by atoms with Crippen molar-refractivity contribution in [3.63, 3.8) is 0 Å². The third-order valence-electron chi connectivity index (χ3n) is 3.37. The molecule has 1 aliphatic rings. The van der Waals surface area contributed by atoms with Crippen LogP contribution in [0, 0.1) is 0 Å². The van der Waals surface area contributed by atoms with Crippen LogP contribution in [0.2, 0.25) is 0 Å². The van der Waals surface area contributed by atoms with Gasteiger partial charge >= 0.3 is 12.0 Å². The number of para-hydroxylation sites is 2. The van der Waals surface area contributed by atoms with Crippen LogP contribution in [0.25, 0.3) is 0 Å². The number of rotatable bonds is 4. The molecule has 1 fully saturated rings. The maximum atomic E-state index is 12.3. The summed E-state index contributed by atoms with van der Waals surface area (Å²) in [6.45, 7) is 1.07. The number of aliphatic carboxylic acids is 1. The van der Waals surface area contributed by atoms with Gasteiger partial charge in [0, 0.05) is 13.1 Å². The van der Waals surface area contributed by atoms with Crippen LogP contribution in [0.1, 0.15) is 25.7 Å². The number of ether oxygens (including phenoxy) is 1. The van der Waals surface area contributed by atoms with Gasteiger partial charge in [0.05, 0.1) is 5.69 Å². The third kappa shape index (κ3) is 4.66. The molecule has 1 saturated heterocycles. The molecule has 1 aliphatic heterocycles. The average Bonchev–Trinajstić information content (AvgIpc) is 2.75. The minimum atomic E-state index is -1.05. The molecule has 0 aromatic heterocycles. The summed E-state index contributed by atoms with van der Waals surface area (Å²) in [6, 6.07) is 6.68. The fourth-order valence-electron chi connectivity index (χ4n) is 2.30. The van der Waals surface area contributed by atoms with Crippen molar-refractivity contribution < 1.29 is 19.4 Å². The molecule has 0 radical (unpaired) electrons. The highest BCUT2D eigenvalue weighted by Crippen LogP contribution is 2.24. The normalized spacial score (nSPS) is 15.1. The van der Waals surface area contributed by atoms with Gasteiger partial charge < -0.3 is 20.1 Å². The second-order valence-electron chi connectivity index (χ2n) is 5.01. The van der Waals surface area contributed by atoms with Crippen molar-refractivity contribution in [3.05, 3.63) is 24.3 Å². The number of likely N-dealkylation sites (tertiary alicyclic amines) is 1. The maximum absolute atomic E-state index is 12.3. The Morgan fingerprint density at radius 3 is 2.48 bits per heavy atom. The summed E-state index contributed by atoms with van der Waals surface area (Å²) in [5.41, 5.74) is 0.494. The number of hydrogen-bond donors (Lipinski definition) is 2. The number of benzene rings is 1. The van der Waals surface area contributed by atoms with Crippen LogP contribution in [0.4, 0.5) is 10.5 Å². The standard InChI is InChI=1S/C15H20N2O4/c18-14(19)11-21-13-8-4-3-7-12(13)16-15(20)17-9-5-1-2-6-10-17/h3-4,7-8H,1-2,5-6,9-11H2,(H,16,20)(H,18,19). The van der Waals surface area contributed by atoms with Gasteiger partial charge in [-0.25, -0.2) is 9.59 Å². The first kappa shape index (κ1) is 15.2. The van der Waals surface area contributed by atoms with Gasteiger partial charge in [-0.15, -0.1) is 0 Å². The molecule has 0 unspecified atom stereocenters. The molecule has 6 heteroatoms. The van der Waals surface area contributed by atoms with E-state index in [2.05, 4.69) is 5.32 Å². The molecule has 0 saturated carbocycles. The summed E-state index contributed by atoms with van der Waals surface area (Å²) in [6.07, 6.45) is 4.35. The Bertz CT molecular complexity index is 496. The lowest BCUT2D eigenvalue weighted by atomic mass is 10.2. The summed E-state index contributed by atoms with van der Waals surface area (Å²) < 4.78 is 5.18. The number of carboxylic acids is 1. The molecule has 2 rings (SSSR count). The highest BCUT2D eigenvalue weighted by Gasteiger charge is 2.17. The van der Waals surface area contributed by atoms with Crippen LogP contribution in [0.3, 0.4) is 0 Å². The van der Waals surface area contributed by atoms with Crippen molar-refractivity contribution in [2.45, 2.75) is 25.7 Å². The van der Waals surface area contributed by atoms with Gasteiger partial charge in [0.1, 0.15) is 5.75 Å². The number of urea groups is 1. The molecule has 1 aromatic carbocycles. The second-order valence-corrected chi connectivity index (χ2v) is 5.01. The van der Waals surface area contributed by atoms with Crippen molar-refractivity contribution in [1.29, 1.82) is 0 Å². The van der Waals surface area contributed by atoms with Crippen LogP contribution in [0.5, 0.6) is 5.75 Å². The Morgan fingerprint density at radius 2 is 1.81 bits per heavy atom. The molecule has 0 aliphatic carbocycles. The minimum absolute atomic E-state index is 0.164. The lowest BCUT2D eigenvalue weighted by Gasteiger charge is -2.21. The van der Waals surface area contributed by atoms with Crippen molar-refractivity contribution in [1.82, 2.24) is 4.90 Å². The average molecular weight is 292 g/mol. The topological polar surface area (TPSA) is 78.9 Å². The number of anilines is 1. The van der Waals surface area contributed by atoms with Gasteiger partial charge in [0.25, 0.3) is 0 Å². The molecule has 114 valence electrons. The number of nitrogens with one attached hydrogen (secondary N) is 1. The largest absolute Gasteiger partial charge is 0.480 e. The van der Waals surface area contributed by atoms with Gasteiger partial charge in [-0.1, -0.05) is 25.0 Å². The van der Waals surface area contributed by atoms with E-state index in [4.69, 9.17) is 9.84 Å². The molecule has 1 heterocycles. The quantitative estimate of drug-likeness (QED) is 0.894. The van der Waals surface area contributed by atoms with E-state index >= 15 is 0 Å². The maximum Gasteiger partial charge on any atom is 0.341 e. The highest BCUT2D eigenvalue weighted by molar-refractivity contribution is 5.91. The Kier molecular flexibility index (Phi) is 5.43. The van der Waals surface area contributed by atoms with Crippen molar-refractivity contribution in [2.75, 3.05) is 25.0 Å². The van der Waals surface area contributed by atoms with Crippen LogP contribution in [0.15, 0.2) is 24.3 Å². The summed E-state index contributed by atoms with van der Waals surface area (Å²) >= 11 is 0. The number of carbonyl (C=O) groups is 2. The Labute approximate surface area is 123 Å². The molecule has 6 nitrogen and oxygen atoms in total. The van der Waals surface area contributed by atoms with E-state index in [9.17, 15) is 9.59 Å². The lowest BCUT2D eigenvalue weighted by molar-refractivity contribution is -0.139. The number of nitrogens with zero attached hydrogens (tertiary/aromatic N) is 1. The van der Waals surface area contributed by atoms with Crippen LogP contribution in [-0.4, -0.2) is 41.7 Å². The number of carboxylic acid groups (broad SMARTS) is 1. The van der Waals surface area contributed by atoms with Gasteiger partial charge in [-0.05, 0) is 25.0 Å². The van der Waals surface area contributed by atoms with Crippen LogP contribution < -0.4 is 10.1 Å². The fourth-order valence-corrected chi connectivity index (χ4v) is 2.30. The van der Waals surface area contributed by atoms with Crippen molar-refractivity contribution >= 4 is 17.7 Å². The molecular formula is C15H20N2O4. The van der Waals surface area contributed by atoms with E-state index < -0.39 is 12.6 Å². The first-order chi connectivity index (χ1) is 10.2. The van der Waals surface area contributed by atoms with E-state index in [0.717, 1.165) is 38.8 Å². The van der Waals surface area contributed by atoms with E-state index in [-0.39, 0.29) is 6.03 Å². The first-order valence-corrected chi connectivity index (χ1v) is 7.16. The van der Waals surface area contributed by atoms with Gasteiger partial charge in [-0.2, -0.15) is 0 Å². The van der Waals surface area contributed by atoms with Crippen LogP contribution in [-0.2, 0) is 4.79 Å². The Balaban J connectivity index is 2.00. The summed E-state index contributed by atoms with van der Waals surface area (Å²) in [5.74, 6) is -0.688. The predicted molar refractivity (Wildman–Crippen MR) is 78.6 cm³/mol. The zero-order valence-corrected chi connectivity index (χ0v) is 11.9. The zero-order chi connectivity index (χ0) is 15.1. The molecule has 2 amide bonds. The fraction of sp³-hybridized carbons (Fsp3) is 0.467. The number of amides is 2. The van der Waals surface area contributed by atoms with E-state index in [1.165, 1.54) is 0 Å². The number of carbonyl (C=O) groups excluding carboxylic acids is 1. The van der Waals surface area contributed by atoms with Crippen LogP contribution >= 0.6 is 0 Å². The Hall–Kier alpha value is -2.24. The van der Waals surface area contributed by atoms with Crippen molar-refractivity contribution in [2.24, 2.45) is 0 Å². The summed E-state index contributed by atoms with van der Waals surface area (Å²) in [4.78, 5) is 24.6. The summed E-state index contributed by atoms with van der Waals surface area (Å²) in [5, 5.41) is 11.5. The number of hydrogen-bond acceptors (Lipinski definition) is 3. The molecule has 1 aromatic rings. The van der Waals surface area contributed by atoms with Gasteiger partial charge in [0.15, 0.2) is 6.61 Å². The first-order valence-electron chi connectivity index (χ1n) is 7.16. The monoisotopic (exact) mass is 292 g/mol. The SMILES string of the molecule is O=C(O)COc1ccccc1NC(=O)N1CCCCCC1. The third-order valence-corrected chi connectivity index (χ3v) is 3.37. The molecule has 0 bridgehead atoms. The van der Waals surface area contributed by atoms with E-state index in [1.807, 2.05) is 0 Å². The zero-order valence-electron chi connectivity index (χ0n) is 11.9. The molecule has 0 spiro atoms. The molecule has 21 heavy (non-hydrogen) atoms. The minimum Gasteiger partial charge on any atom is -0.480 e. The molecular weight excluding hydrogens is 272 g/mol.